The van der Waals surface area contributed by atoms with Gasteiger partial charge in [0, 0.05) is 41.1 Å². The first kappa shape index (κ1) is 19.2. The molecule has 0 N–H and O–H groups in total. The first-order valence-electron chi connectivity index (χ1n) is 7.93. The van der Waals surface area contributed by atoms with Crippen LogP contribution in [0, 0.1) is 20.2 Å². The van der Waals surface area contributed by atoms with Crippen LogP contribution in [0.15, 0.2) is 53.5 Å². The van der Waals surface area contributed by atoms with Crippen LogP contribution in [0.2, 0.25) is 0 Å². The van der Waals surface area contributed by atoms with Gasteiger partial charge >= 0.3 is 0 Å². The highest BCUT2D eigenvalue weighted by atomic mass is 32.2. The summed E-state index contributed by atoms with van der Waals surface area (Å²) in [5, 5.41) is 22.1. The average molecular weight is 400 g/mol. The van der Waals surface area contributed by atoms with Crippen molar-refractivity contribution >= 4 is 40.1 Å². The quantitative estimate of drug-likeness (QED) is 0.437. The third-order valence-electron chi connectivity index (χ3n) is 3.77. The zero-order valence-corrected chi connectivity index (χ0v) is 15.0. The summed E-state index contributed by atoms with van der Waals surface area (Å²) in [5.74, 6) is -1.03. The van der Waals surface area contributed by atoms with E-state index in [9.17, 15) is 29.8 Å². The van der Waals surface area contributed by atoms with Crippen LogP contribution in [0.25, 0.3) is 0 Å². The van der Waals surface area contributed by atoms with E-state index in [4.69, 9.17) is 0 Å². The number of hydrogen-bond acceptors (Lipinski definition) is 8. The molecular weight excluding hydrogens is 388 g/mol. The van der Waals surface area contributed by atoms with Crippen LogP contribution in [0.1, 0.15) is 20.7 Å². The monoisotopic (exact) mass is 400 g/mol. The number of nitro groups is 2. The molecule has 1 aliphatic rings. The molecule has 11 heteroatoms. The number of imide groups is 1. The lowest BCUT2D eigenvalue weighted by Crippen LogP contribution is -2.40. The van der Waals surface area contributed by atoms with Gasteiger partial charge in [-0.25, -0.2) is 4.90 Å². The Hall–Kier alpha value is -3.60. The zero-order chi connectivity index (χ0) is 20.3. The third kappa shape index (κ3) is 3.88. The SMILES string of the molecule is O=C(c1cccc([N+](=O)[O-])c1)N(C(=O)c1cccc([N+](=O)[O-])c1)C1=NCCS1. The van der Waals surface area contributed by atoms with E-state index in [0.717, 1.165) is 17.0 Å². The fraction of sp³-hybridized carbons (Fsp3) is 0.118. The van der Waals surface area contributed by atoms with Crippen LogP contribution >= 0.6 is 11.8 Å². The summed E-state index contributed by atoms with van der Waals surface area (Å²) in [6.07, 6.45) is 0. The predicted octanol–water partition coefficient (Wildman–Crippen LogP) is 2.89. The van der Waals surface area contributed by atoms with Gasteiger partial charge in [0.1, 0.15) is 0 Å². The Labute approximate surface area is 162 Å². The molecule has 28 heavy (non-hydrogen) atoms. The summed E-state index contributed by atoms with van der Waals surface area (Å²) < 4.78 is 0. The summed E-state index contributed by atoms with van der Waals surface area (Å²) in [5.41, 5.74) is -0.726. The highest BCUT2D eigenvalue weighted by molar-refractivity contribution is 8.14. The van der Waals surface area contributed by atoms with Crippen molar-refractivity contribution in [3.8, 4) is 0 Å². The van der Waals surface area contributed by atoms with Gasteiger partial charge in [-0.05, 0) is 12.1 Å². The molecule has 3 rings (SSSR count). The minimum absolute atomic E-state index is 0.0665. The maximum absolute atomic E-state index is 13.0. The number of non-ortho nitro benzene ring substituents is 2. The Balaban J connectivity index is 2.02. The molecule has 0 aromatic heterocycles. The largest absolute Gasteiger partial charge is 0.270 e. The molecule has 0 saturated carbocycles. The lowest BCUT2D eigenvalue weighted by Gasteiger charge is -2.20. The molecule has 1 heterocycles. The van der Waals surface area contributed by atoms with Gasteiger partial charge in [-0.1, -0.05) is 23.9 Å². The van der Waals surface area contributed by atoms with Gasteiger partial charge < -0.3 is 0 Å². The third-order valence-corrected chi connectivity index (χ3v) is 4.73. The highest BCUT2D eigenvalue weighted by Gasteiger charge is 2.32. The molecule has 142 valence electrons. The highest BCUT2D eigenvalue weighted by Crippen LogP contribution is 2.23. The average Bonchev–Trinajstić information content (AvgIpc) is 3.22. The minimum atomic E-state index is -0.798. The van der Waals surface area contributed by atoms with Crippen molar-refractivity contribution in [2.24, 2.45) is 4.99 Å². The smallest absolute Gasteiger partial charge is 0.268 e. The molecule has 0 spiro atoms. The van der Waals surface area contributed by atoms with Crippen LogP contribution < -0.4 is 0 Å². The summed E-state index contributed by atoms with van der Waals surface area (Å²) >= 11 is 1.18. The Morgan fingerprint density at radius 3 is 1.82 bits per heavy atom. The van der Waals surface area contributed by atoms with Gasteiger partial charge in [0.05, 0.1) is 16.4 Å². The number of amidine groups is 1. The molecule has 2 amide bonds. The van der Waals surface area contributed by atoms with Gasteiger partial charge in [-0.3, -0.25) is 34.8 Å². The molecule has 0 aliphatic carbocycles. The lowest BCUT2D eigenvalue weighted by molar-refractivity contribution is -0.385. The number of aliphatic imine (C=N–C) groups is 1. The number of nitro benzene ring substituents is 2. The van der Waals surface area contributed by atoms with Crippen LogP contribution in [0.5, 0.6) is 0 Å². The second kappa shape index (κ2) is 7.96. The summed E-state index contributed by atoms with van der Waals surface area (Å²) in [6, 6.07) is 9.96. The topological polar surface area (TPSA) is 136 Å². The van der Waals surface area contributed by atoms with Gasteiger partial charge in [0.25, 0.3) is 23.2 Å². The van der Waals surface area contributed by atoms with E-state index >= 15 is 0 Å². The number of thioether (sulfide) groups is 1. The molecule has 0 unspecified atom stereocenters. The molecule has 0 radical (unpaired) electrons. The van der Waals surface area contributed by atoms with E-state index in [0.29, 0.717) is 12.3 Å². The number of nitrogens with zero attached hydrogens (tertiary/aromatic N) is 4. The second-order valence-corrected chi connectivity index (χ2v) is 6.64. The van der Waals surface area contributed by atoms with Crippen LogP contribution in [-0.2, 0) is 0 Å². The fourth-order valence-corrected chi connectivity index (χ4v) is 3.33. The van der Waals surface area contributed by atoms with Crippen LogP contribution in [-0.4, -0.2) is 44.0 Å². The van der Waals surface area contributed by atoms with E-state index < -0.39 is 21.7 Å². The Bertz CT molecular complexity index is 953. The van der Waals surface area contributed by atoms with E-state index in [1.165, 1.54) is 48.2 Å². The molecular formula is C17H12N4O6S. The van der Waals surface area contributed by atoms with Crippen molar-refractivity contribution in [1.82, 2.24) is 4.90 Å². The number of rotatable bonds is 4. The van der Waals surface area contributed by atoms with Crippen molar-refractivity contribution in [3.63, 3.8) is 0 Å². The standard InChI is InChI=1S/C17H12N4O6S/c22-15(11-3-1-5-13(9-11)20(24)25)19(17-18-7-8-28-17)16(23)12-4-2-6-14(10-12)21(26)27/h1-6,9-10H,7-8H2. The van der Waals surface area contributed by atoms with Crippen molar-refractivity contribution in [1.29, 1.82) is 0 Å². The maximum Gasteiger partial charge on any atom is 0.270 e. The molecule has 0 bridgehead atoms. The summed E-state index contributed by atoms with van der Waals surface area (Å²) in [7, 11) is 0. The number of carbonyl (C=O) groups excluding carboxylic acids is 2. The zero-order valence-electron chi connectivity index (χ0n) is 14.2. The Kier molecular flexibility index (Phi) is 5.45. The minimum Gasteiger partial charge on any atom is -0.268 e. The van der Waals surface area contributed by atoms with Gasteiger partial charge in [-0.15, -0.1) is 0 Å². The second-order valence-electron chi connectivity index (χ2n) is 5.57. The number of carbonyl (C=O) groups is 2. The Morgan fingerprint density at radius 1 is 0.929 bits per heavy atom. The lowest BCUT2D eigenvalue weighted by atomic mass is 10.1. The molecule has 0 saturated heterocycles. The van der Waals surface area contributed by atoms with Crippen molar-refractivity contribution in [3.05, 3.63) is 79.9 Å². The molecule has 2 aromatic rings. The van der Waals surface area contributed by atoms with E-state index in [1.54, 1.807) is 0 Å². The first-order valence-corrected chi connectivity index (χ1v) is 8.92. The van der Waals surface area contributed by atoms with Gasteiger partial charge in [0.15, 0.2) is 5.17 Å². The fourth-order valence-electron chi connectivity index (χ4n) is 2.49. The van der Waals surface area contributed by atoms with Crippen molar-refractivity contribution < 1.29 is 19.4 Å². The van der Waals surface area contributed by atoms with Crippen LogP contribution in [0.3, 0.4) is 0 Å². The van der Waals surface area contributed by atoms with Gasteiger partial charge in [0.2, 0.25) is 0 Å². The van der Waals surface area contributed by atoms with Gasteiger partial charge in [-0.2, -0.15) is 0 Å². The molecule has 2 aromatic carbocycles. The van der Waals surface area contributed by atoms with E-state index in [-0.39, 0.29) is 27.7 Å². The molecule has 10 nitrogen and oxygen atoms in total. The number of amides is 2. The Morgan fingerprint density at radius 2 is 1.43 bits per heavy atom. The number of hydrogen-bond donors (Lipinski definition) is 0. The van der Waals surface area contributed by atoms with E-state index in [2.05, 4.69) is 4.99 Å². The first-order chi connectivity index (χ1) is 13.4. The molecule has 0 atom stereocenters. The molecule has 0 fully saturated rings. The molecule has 1 aliphatic heterocycles. The van der Waals surface area contributed by atoms with Crippen molar-refractivity contribution in [2.75, 3.05) is 12.3 Å². The maximum atomic E-state index is 13.0. The van der Waals surface area contributed by atoms with E-state index in [1.807, 2.05) is 0 Å². The summed E-state index contributed by atoms with van der Waals surface area (Å²) in [4.78, 5) is 51.6. The summed E-state index contributed by atoms with van der Waals surface area (Å²) in [6.45, 7) is 0.404. The normalized spacial score (nSPS) is 12.9. The van der Waals surface area contributed by atoms with Crippen LogP contribution in [0.4, 0.5) is 11.4 Å². The van der Waals surface area contributed by atoms with Crippen molar-refractivity contribution in [2.45, 2.75) is 0 Å². The number of benzene rings is 2. The predicted molar refractivity (Wildman–Crippen MR) is 101 cm³/mol.